The monoisotopic (exact) mass is 487 g/mol. The van der Waals surface area contributed by atoms with E-state index in [1.807, 2.05) is 55.4 Å². The van der Waals surface area contributed by atoms with Gasteiger partial charge in [0.2, 0.25) is 0 Å². The zero-order valence-electron chi connectivity index (χ0n) is 22.7. The summed E-state index contributed by atoms with van der Waals surface area (Å²) in [5.74, 6) is -0.542. The van der Waals surface area contributed by atoms with Gasteiger partial charge in [0, 0.05) is 17.1 Å². The largest absolute Gasteiger partial charge is 0.497 e. The summed E-state index contributed by atoms with van der Waals surface area (Å²) in [6.45, 7) is 20.8. The molecule has 4 rings (SSSR count). The van der Waals surface area contributed by atoms with E-state index in [0.29, 0.717) is 16.4 Å². The van der Waals surface area contributed by atoms with Crippen LogP contribution in [0, 0.1) is 5.82 Å². The average molecular weight is 487 g/mol. The van der Waals surface area contributed by atoms with E-state index >= 15 is 4.39 Å². The number of ether oxygens (including phenoxy) is 1. The van der Waals surface area contributed by atoms with Crippen LogP contribution < -0.4 is 10.9 Å². The second kappa shape index (κ2) is 7.81. The Balaban J connectivity index is 1.86. The second-order valence-electron chi connectivity index (χ2n) is 12.5. The van der Waals surface area contributed by atoms with Gasteiger partial charge < -0.3 is 23.4 Å². The molecule has 0 atom stereocenters. The van der Waals surface area contributed by atoms with E-state index in [2.05, 4.69) is 0 Å². The lowest BCUT2D eigenvalue weighted by Crippen LogP contribution is -2.41. The topological polar surface area (TPSA) is 68.2 Å². The van der Waals surface area contributed by atoms with Crippen LogP contribution in [-0.2, 0) is 23.4 Å². The van der Waals surface area contributed by atoms with E-state index in [1.54, 1.807) is 33.0 Å². The van der Waals surface area contributed by atoms with Gasteiger partial charge in [-0.15, -0.1) is 0 Å². The highest BCUT2D eigenvalue weighted by Crippen LogP contribution is 2.38. The number of hydrogen-bond donors (Lipinski definition) is 0. The third-order valence-electron chi connectivity index (χ3n) is 7.56. The molecule has 190 valence electrons. The van der Waals surface area contributed by atoms with Crippen LogP contribution in [0.2, 0.25) is 0 Å². The molecular weight excluding hydrogens is 451 g/mol. The van der Waals surface area contributed by atoms with Gasteiger partial charge in [-0.25, -0.2) is 9.18 Å². The minimum Gasteiger partial charge on any atom is -0.443 e. The van der Waals surface area contributed by atoms with Gasteiger partial charge in [-0.3, -0.25) is 4.57 Å². The Morgan fingerprint density at radius 1 is 0.829 bits per heavy atom. The van der Waals surface area contributed by atoms with Crippen LogP contribution in [0.15, 0.2) is 18.3 Å². The zero-order valence-corrected chi connectivity index (χ0v) is 22.7. The lowest BCUT2D eigenvalue weighted by atomic mass is 9.74. The number of hydrogen-bond acceptors (Lipinski definition) is 6. The Hall–Kier alpha value is -1.87. The summed E-state index contributed by atoms with van der Waals surface area (Å²) >= 11 is 0. The van der Waals surface area contributed by atoms with Crippen LogP contribution in [0.1, 0.15) is 76.2 Å². The summed E-state index contributed by atoms with van der Waals surface area (Å²) in [6.07, 6.45) is 0.988. The normalized spacial score (nSPS) is 22.7. The summed E-state index contributed by atoms with van der Waals surface area (Å²) < 4.78 is 47.1. The number of benzene rings is 1. The molecule has 0 bridgehead atoms. The van der Waals surface area contributed by atoms with Crippen LogP contribution in [-0.4, -0.2) is 52.9 Å². The van der Waals surface area contributed by atoms with Crippen LogP contribution >= 0.6 is 0 Å². The number of carbonyl (C=O) groups is 1. The summed E-state index contributed by atoms with van der Waals surface area (Å²) in [7, 11) is -1.66. The third-order valence-corrected chi connectivity index (χ3v) is 7.56. The highest BCUT2D eigenvalue weighted by Gasteiger charge is 2.54. The van der Waals surface area contributed by atoms with Gasteiger partial charge in [0.15, 0.2) is 0 Å². The molecule has 2 aliphatic heterocycles. The molecule has 1 aromatic carbocycles. The predicted molar refractivity (Wildman–Crippen MR) is 135 cm³/mol. The number of rotatable bonds is 2. The lowest BCUT2D eigenvalue weighted by Gasteiger charge is -2.32. The zero-order chi connectivity index (χ0) is 26.4. The average Bonchev–Trinajstić information content (AvgIpc) is 3.19. The number of aromatic nitrogens is 1. The van der Waals surface area contributed by atoms with Crippen molar-refractivity contribution in [2.45, 2.75) is 104 Å². The first kappa shape index (κ1) is 26.2. The van der Waals surface area contributed by atoms with Gasteiger partial charge >= 0.3 is 20.3 Å². The van der Waals surface area contributed by atoms with E-state index in [1.165, 1.54) is 10.6 Å². The van der Waals surface area contributed by atoms with Crippen molar-refractivity contribution in [2.75, 3.05) is 0 Å². The first-order valence-corrected chi connectivity index (χ1v) is 12.0. The molecule has 2 saturated heterocycles. The molecule has 0 aliphatic carbocycles. The lowest BCUT2D eigenvalue weighted by molar-refractivity contribution is 0.00578. The Morgan fingerprint density at radius 3 is 1.69 bits per heavy atom. The standard InChI is InChI=1S/C25H36B2FNO6/c1-21(2,3)31-20(30)29-14-17(27-34-24(8,9)25(10,11)35-27)15-12-16(18(28)13-19(15)29)26-32-22(4,5)23(6,7)33-26/h12-14H,1-11H3. The highest BCUT2D eigenvalue weighted by atomic mass is 19.1. The minimum absolute atomic E-state index is 0.246. The highest BCUT2D eigenvalue weighted by molar-refractivity contribution is 6.66. The molecule has 0 N–H and O–H groups in total. The summed E-state index contributed by atoms with van der Waals surface area (Å²) in [5, 5.41) is 0.598. The Bertz CT molecular complexity index is 1150. The van der Waals surface area contributed by atoms with Crippen LogP contribution in [0.5, 0.6) is 0 Å². The van der Waals surface area contributed by atoms with Gasteiger partial charge in [-0.05, 0) is 87.6 Å². The minimum atomic E-state index is -0.902. The second-order valence-corrected chi connectivity index (χ2v) is 12.5. The molecule has 2 aliphatic rings. The van der Waals surface area contributed by atoms with Crippen molar-refractivity contribution in [3.05, 3.63) is 24.1 Å². The molecule has 7 nitrogen and oxygen atoms in total. The first-order chi connectivity index (χ1) is 15.7. The molecule has 0 saturated carbocycles. The molecule has 1 aromatic heterocycles. The van der Waals surface area contributed by atoms with Gasteiger partial charge in [0.25, 0.3) is 0 Å². The molecule has 10 heteroatoms. The van der Waals surface area contributed by atoms with Gasteiger partial charge in [0.1, 0.15) is 11.4 Å². The van der Waals surface area contributed by atoms with Crippen molar-refractivity contribution < 1.29 is 32.5 Å². The number of carbonyl (C=O) groups excluding carboxylic acids is 1. The molecule has 0 amide bonds. The van der Waals surface area contributed by atoms with E-state index in [9.17, 15) is 4.79 Å². The van der Waals surface area contributed by atoms with Crippen molar-refractivity contribution in [3.8, 4) is 0 Å². The van der Waals surface area contributed by atoms with E-state index < -0.39 is 54.2 Å². The molecule has 0 spiro atoms. The van der Waals surface area contributed by atoms with Gasteiger partial charge in [-0.2, -0.15) is 0 Å². The third kappa shape index (κ3) is 4.43. The maximum atomic E-state index is 15.5. The maximum absolute atomic E-state index is 15.5. The maximum Gasteiger partial charge on any atom is 0.497 e. The number of fused-ring (bicyclic) bond motifs is 1. The van der Waals surface area contributed by atoms with Gasteiger partial charge in [0.05, 0.1) is 27.9 Å². The van der Waals surface area contributed by atoms with Crippen molar-refractivity contribution in [1.29, 1.82) is 0 Å². The Kier molecular flexibility index (Phi) is 5.85. The molecule has 2 aromatic rings. The SMILES string of the molecule is CC(C)(C)OC(=O)n1cc(B2OC(C)(C)C(C)(C)O2)c2cc(B3OC(C)(C)C(C)(C)O3)c(F)cc21. The molecule has 3 heterocycles. The van der Waals surface area contributed by atoms with Crippen LogP contribution in [0.25, 0.3) is 10.9 Å². The van der Waals surface area contributed by atoms with Crippen molar-refractivity contribution in [2.24, 2.45) is 0 Å². The van der Waals surface area contributed by atoms with Crippen molar-refractivity contribution in [3.63, 3.8) is 0 Å². The van der Waals surface area contributed by atoms with Crippen LogP contribution in [0.4, 0.5) is 9.18 Å². The Morgan fingerprint density at radius 2 is 1.26 bits per heavy atom. The molecule has 2 fully saturated rings. The van der Waals surface area contributed by atoms with Crippen molar-refractivity contribution >= 4 is 42.2 Å². The van der Waals surface area contributed by atoms with E-state index in [4.69, 9.17) is 23.4 Å². The predicted octanol–water partition coefficient (Wildman–Crippen LogP) is 4.16. The summed E-state index contributed by atoms with van der Waals surface area (Å²) in [4.78, 5) is 13.1. The van der Waals surface area contributed by atoms with E-state index in [-0.39, 0.29) is 5.46 Å². The fourth-order valence-corrected chi connectivity index (χ4v) is 4.06. The fourth-order valence-electron chi connectivity index (χ4n) is 4.06. The van der Waals surface area contributed by atoms with Crippen molar-refractivity contribution in [1.82, 2.24) is 4.57 Å². The number of halogens is 1. The first-order valence-electron chi connectivity index (χ1n) is 12.0. The summed E-state index contributed by atoms with van der Waals surface area (Å²) in [5.41, 5.74) is -1.97. The number of nitrogens with zero attached hydrogens (tertiary/aromatic N) is 1. The molecular formula is C25H36B2FNO6. The fraction of sp³-hybridized carbons (Fsp3) is 0.640. The molecule has 0 unspecified atom stereocenters. The van der Waals surface area contributed by atoms with Crippen LogP contribution in [0.3, 0.4) is 0 Å². The Labute approximate surface area is 207 Å². The smallest absolute Gasteiger partial charge is 0.443 e. The van der Waals surface area contributed by atoms with E-state index in [0.717, 1.165) is 0 Å². The molecule has 35 heavy (non-hydrogen) atoms. The van der Waals surface area contributed by atoms with Gasteiger partial charge in [-0.1, -0.05) is 6.07 Å². The molecule has 0 radical (unpaired) electrons. The quantitative estimate of drug-likeness (QED) is 0.593. The summed E-state index contributed by atoms with van der Waals surface area (Å²) in [6, 6.07) is 2.97.